The van der Waals surface area contributed by atoms with Crippen LogP contribution >= 0.6 is 11.3 Å². The summed E-state index contributed by atoms with van der Waals surface area (Å²) in [5.74, 6) is -0.339. The molecule has 1 heterocycles. The van der Waals surface area contributed by atoms with Gasteiger partial charge >= 0.3 is 5.97 Å². The molecule has 0 aliphatic rings. The van der Waals surface area contributed by atoms with Crippen LogP contribution in [0.4, 0.5) is 0 Å². The molecule has 104 valence electrons. The lowest BCUT2D eigenvalue weighted by Gasteiger charge is -2.01. The second-order valence-corrected chi connectivity index (χ2v) is 6.23. The number of carbonyl (C=O) groups is 1. The van der Waals surface area contributed by atoms with Crippen molar-refractivity contribution in [1.29, 1.82) is 0 Å². The van der Waals surface area contributed by atoms with Gasteiger partial charge in [-0.25, -0.2) is 4.79 Å². The molecule has 1 N–H and O–H groups in total. The molecule has 0 saturated heterocycles. The molecule has 0 aliphatic heterocycles. The fourth-order valence-electron chi connectivity index (χ4n) is 1.92. The molecule has 0 radical (unpaired) electrons. The van der Waals surface area contributed by atoms with Crippen molar-refractivity contribution < 1.29 is 9.90 Å². The van der Waals surface area contributed by atoms with Crippen molar-refractivity contribution >= 4 is 29.0 Å². The number of benzene rings is 1. The Morgan fingerprint density at radius 1 is 1.15 bits per heavy atom. The number of carboxylic acid groups (broad SMARTS) is 1. The second-order valence-electron chi connectivity index (χ2n) is 5.11. The fraction of sp³-hybridized carbons (Fsp3) is 0.235. The first-order valence-corrected chi connectivity index (χ1v) is 7.41. The largest absolute Gasteiger partial charge is 0.478 e. The van der Waals surface area contributed by atoms with Gasteiger partial charge in [0, 0.05) is 9.75 Å². The molecule has 0 spiro atoms. The number of hydrogen-bond acceptors (Lipinski definition) is 2. The Balaban J connectivity index is 2.22. The van der Waals surface area contributed by atoms with E-state index in [0.29, 0.717) is 11.5 Å². The Kier molecular flexibility index (Phi) is 4.40. The predicted molar refractivity (Wildman–Crippen MR) is 85.4 cm³/mol. The van der Waals surface area contributed by atoms with Gasteiger partial charge in [-0.2, -0.15) is 0 Å². The van der Waals surface area contributed by atoms with Gasteiger partial charge in [-0.1, -0.05) is 32.1 Å². The molecule has 20 heavy (non-hydrogen) atoms. The quantitative estimate of drug-likeness (QED) is 0.846. The Bertz CT molecular complexity index is 633. The number of aromatic carboxylic acids is 1. The second kappa shape index (κ2) is 6.06. The van der Waals surface area contributed by atoms with Crippen LogP contribution in [0.25, 0.3) is 11.6 Å². The first kappa shape index (κ1) is 14.5. The van der Waals surface area contributed by atoms with Crippen LogP contribution in [0.2, 0.25) is 0 Å². The first-order valence-electron chi connectivity index (χ1n) is 6.59. The highest BCUT2D eigenvalue weighted by Gasteiger charge is 2.06. The summed E-state index contributed by atoms with van der Waals surface area (Å²) < 4.78 is 0. The van der Waals surface area contributed by atoms with E-state index in [9.17, 15) is 4.79 Å². The number of hydrogen-bond donors (Lipinski definition) is 1. The zero-order valence-electron chi connectivity index (χ0n) is 11.9. The van der Waals surface area contributed by atoms with Crippen LogP contribution in [0, 0.1) is 0 Å². The van der Waals surface area contributed by atoms with Crippen molar-refractivity contribution in [2.75, 3.05) is 0 Å². The van der Waals surface area contributed by atoms with Crippen LogP contribution < -0.4 is 0 Å². The summed E-state index contributed by atoms with van der Waals surface area (Å²) in [5, 5.41) is 8.88. The highest BCUT2D eigenvalue weighted by atomic mass is 32.1. The van der Waals surface area contributed by atoms with Gasteiger partial charge in [-0.3, -0.25) is 0 Å². The van der Waals surface area contributed by atoms with E-state index in [1.54, 1.807) is 12.1 Å². The molecule has 0 fully saturated rings. The van der Waals surface area contributed by atoms with Crippen molar-refractivity contribution in [1.82, 2.24) is 0 Å². The molecule has 1 aromatic carbocycles. The highest BCUT2D eigenvalue weighted by Crippen LogP contribution is 2.29. The first-order chi connectivity index (χ1) is 9.47. The van der Waals surface area contributed by atoms with Gasteiger partial charge in [-0.05, 0) is 48.2 Å². The number of allylic oxidation sites excluding steroid dienone is 1. The van der Waals surface area contributed by atoms with E-state index in [2.05, 4.69) is 39.0 Å². The van der Waals surface area contributed by atoms with Crippen LogP contribution in [0.1, 0.15) is 52.4 Å². The molecule has 0 amide bonds. The maximum Gasteiger partial charge on any atom is 0.335 e. The Morgan fingerprint density at radius 3 is 2.30 bits per heavy atom. The molecule has 2 nitrogen and oxygen atoms in total. The summed E-state index contributed by atoms with van der Waals surface area (Å²) in [6.07, 6.45) is 2.08. The maximum atomic E-state index is 10.8. The third-order valence-electron chi connectivity index (χ3n) is 3.13. The van der Waals surface area contributed by atoms with Gasteiger partial charge in [-0.15, -0.1) is 11.3 Å². The monoisotopic (exact) mass is 286 g/mol. The molecule has 2 rings (SSSR count). The van der Waals surface area contributed by atoms with Crippen LogP contribution in [0.3, 0.4) is 0 Å². The van der Waals surface area contributed by atoms with Crippen LogP contribution in [-0.4, -0.2) is 11.1 Å². The maximum absolute atomic E-state index is 10.8. The van der Waals surface area contributed by atoms with E-state index in [4.69, 9.17) is 5.11 Å². The fourth-order valence-corrected chi connectivity index (χ4v) is 2.90. The van der Waals surface area contributed by atoms with E-state index >= 15 is 0 Å². The lowest BCUT2D eigenvalue weighted by atomic mass is 10.1. The third-order valence-corrected chi connectivity index (χ3v) is 4.65. The molecule has 2 aromatic rings. The van der Waals surface area contributed by atoms with Crippen molar-refractivity contribution in [2.45, 2.75) is 26.7 Å². The Hall–Kier alpha value is -1.87. The molecule has 0 aliphatic carbocycles. The van der Waals surface area contributed by atoms with Crippen molar-refractivity contribution in [2.24, 2.45) is 0 Å². The number of carboxylic acids is 1. The average Bonchev–Trinajstić information content (AvgIpc) is 2.89. The van der Waals surface area contributed by atoms with Crippen molar-refractivity contribution in [3.63, 3.8) is 0 Å². The van der Waals surface area contributed by atoms with Gasteiger partial charge in [0.2, 0.25) is 0 Å². The predicted octanol–water partition coefficient (Wildman–Crippen LogP) is 5.13. The zero-order chi connectivity index (χ0) is 14.7. The zero-order valence-corrected chi connectivity index (χ0v) is 12.7. The molecular weight excluding hydrogens is 268 g/mol. The lowest BCUT2D eigenvalue weighted by molar-refractivity contribution is 0.0697. The minimum absolute atomic E-state index is 0.318. The standard InChI is InChI=1S/C17H18O2S/c1-11(2)15-8-9-16(20-15)12(3)10-13-4-6-14(7-5-13)17(18)19/h4-11H,1-3H3,(H,18,19)/b12-10-. The Morgan fingerprint density at radius 2 is 1.80 bits per heavy atom. The normalized spacial score (nSPS) is 11.9. The highest BCUT2D eigenvalue weighted by molar-refractivity contribution is 7.13. The van der Waals surface area contributed by atoms with Crippen LogP contribution in [-0.2, 0) is 0 Å². The Labute approximate surface area is 123 Å². The number of rotatable bonds is 4. The molecule has 0 bridgehead atoms. The summed E-state index contributed by atoms with van der Waals surface area (Å²) in [5.41, 5.74) is 2.54. The van der Waals surface area contributed by atoms with Gasteiger partial charge < -0.3 is 5.11 Å². The molecular formula is C17H18O2S. The van der Waals surface area contributed by atoms with Crippen molar-refractivity contribution in [3.05, 3.63) is 57.3 Å². The summed E-state index contributed by atoms with van der Waals surface area (Å²) in [4.78, 5) is 13.5. The van der Waals surface area contributed by atoms with Gasteiger partial charge in [0.15, 0.2) is 0 Å². The van der Waals surface area contributed by atoms with E-state index in [1.165, 1.54) is 15.3 Å². The van der Waals surface area contributed by atoms with E-state index in [-0.39, 0.29) is 0 Å². The summed E-state index contributed by atoms with van der Waals surface area (Å²) in [7, 11) is 0. The third kappa shape index (κ3) is 3.36. The van der Waals surface area contributed by atoms with Gasteiger partial charge in [0.05, 0.1) is 5.56 Å². The minimum atomic E-state index is -0.892. The average molecular weight is 286 g/mol. The van der Waals surface area contributed by atoms with E-state index in [1.807, 2.05) is 23.5 Å². The lowest BCUT2D eigenvalue weighted by Crippen LogP contribution is -1.94. The number of thiophene rings is 1. The smallest absolute Gasteiger partial charge is 0.335 e. The summed E-state index contributed by atoms with van der Waals surface area (Å²) in [6, 6.07) is 11.3. The topological polar surface area (TPSA) is 37.3 Å². The summed E-state index contributed by atoms with van der Waals surface area (Å²) in [6.45, 7) is 6.47. The van der Waals surface area contributed by atoms with Gasteiger partial charge in [0.25, 0.3) is 0 Å². The van der Waals surface area contributed by atoms with Gasteiger partial charge in [0.1, 0.15) is 0 Å². The van der Waals surface area contributed by atoms with E-state index < -0.39 is 5.97 Å². The minimum Gasteiger partial charge on any atom is -0.478 e. The van der Waals surface area contributed by atoms with Crippen LogP contribution in [0.5, 0.6) is 0 Å². The van der Waals surface area contributed by atoms with Crippen molar-refractivity contribution in [3.8, 4) is 0 Å². The van der Waals surface area contributed by atoms with E-state index in [0.717, 1.165) is 5.56 Å². The molecule has 0 saturated carbocycles. The summed E-state index contributed by atoms with van der Waals surface area (Å²) >= 11 is 1.81. The molecule has 0 unspecified atom stereocenters. The SMILES string of the molecule is C/C(=C/c1ccc(C(=O)O)cc1)c1ccc(C(C)C)s1. The molecule has 0 atom stereocenters. The van der Waals surface area contributed by atoms with Crippen LogP contribution in [0.15, 0.2) is 36.4 Å². The molecule has 3 heteroatoms. The molecule has 1 aromatic heterocycles.